The number of esters is 2. The van der Waals surface area contributed by atoms with Gasteiger partial charge in [-0.15, -0.1) is 6.58 Å². The lowest BCUT2D eigenvalue weighted by Crippen LogP contribution is -2.52. The molecule has 4 aliphatic carbocycles. The van der Waals surface area contributed by atoms with Gasteiger partial charge in [-0.2, -0.15) is 0 Å². The van der Waals surface area contributed by atoms with Crippen molar-refractivity contribution in [3.05, 3.63) is 24.8 Å². The standard InChI is InChI=1S/C25H36O4/c1-6-20-23(29-16(3)27)14-22-19-8-7-17-13-18(28-15(2)26)9-11-24(17,4)21(19)10-12-25(20,22)5/h6,9,11,17-23H,1,7-8,10,12-14H2,2-5H3. The highest BCUT2D eigenvalue weighted by atomic mass is 16.5. The summed E-state index contributed by atoms with van der Waals surface area (Å²) < 4.78 is 11.3. The van der Waals surface area contributed by atoms with Gasteiger partial charge < -0.3 is 9.47 Å². The first-order valence-electron chi connectivity index (χ1n) is 11.4. The van der Waals surface area contributed by atoms with Gasteiger partial charge in [0, 0.05) is 19.8 Å². The molecular weight excluding hydrogens is 364 g/mol. The third kappa shape index (κ3) is 3.27. The number of rotatable bonds is 3. The minimum atomic E-state index is -0.191. The fourth-order valence-corrected chi connectivity index (χ4v) is 7.86. The van der Waals surface area contributed by atoms with E-state index in [-0.39, 0.29) is 40.9 Å². The fraction of sp³-hybridized carbons (Fsp3) is 0.760. The van der Waals surface area contributed by atoms with Crippen LogP contribution in [-0.4, -0.2) is 24.1 Å². The van der Waals surface area contributed by atoms with Gasteiger partial charge in [-0.25, -0.2) is 0 Å². The zero-order valence-electron chi connectivity index (χ0n) is 18.4. The van der Waals surface area contributed by atoms with Gasteiger partial charge in [0.1, 0.15) is 12.2 Å². The molecule has 0 amide bonds. The van der Waals surface area contributed by atoms with Crippen molar-refractivity contribution in [2.75, 3.05) is 0 Å². The lowest BCUT2D eigenvalue weighted by Gasteiger charge is -2.59. The average Bonchev–Trinajstić information content (AvgIpc) is 2.92. The van der Waals surface area contributed by atoms with Crippen molar-refractivity contribution in [2.45, 2.75) is 78.4 Å². The number of carbonyl (C=O) groups excluding carboxylic acids is 2. The molecule has 0 N–H and O–H groups in total. The molecule has 9 atom stereocenters. The van der Waals surface area contributed by atoms with E-state index < -0.39 is 0 Å². The Morgan fingerprint density at radius 3 is 2.41 bits per heavy atom. The van der Waals surface area contributed by atoms with Gasteiger partial charge in [-0.05, 0) is 79.1 Å². The fourth-order valence-electron chi connectivity index (χ4n) is 7.86. The quantitative estimate of drug-likeness (QED) is 0.490. The van der Waals surface area contributed by atoms with Crippen LogP contribution in [0.3, 0.4) is 0 Å². The monoisotopic (exact) mass is 400 g/mol. The maximum absolute atomic E-state index is 11.7. The van der Waals surface area contributed by atoms with Crippen molar-refractivity contribution in [1.29, 1.82) is 0 Å². The first-order valence-corrected chi connectivity index (χ1v) is 11.4. The van der Waals surface area contributed by atoms with Crippen molar-refractivity contribution < 1.29 is 19.1 Å². The summed E-state index contributed by atoms with van der Waals surface area (Å²) in [6.45, 7) is 12.0. The molecule has 0 aromatic heterocycles. The first kappa shape index (κ1) is 20.7. The van der Waals surface area contributed by atoms with Crippen LogP contribution in [0.25, 0.3) is 0 Å². The Morgan fingerprint density at radius 1 is 1.03 bits per heavy atom. The van der Waals surface area contributed by atoms with Crippen LogP contribution in [0, 0.1) is 40.4 Å². The molecule has 3 fully saturated rings. The molecule has 0 aromatic carbocycles. The van der Waals surface area contributed by atoms with E-state index >= 15 is 0 Å². The van der Waals surface area contributed by atoms with E-state index in [1.54, 1.807) is 0 Å². The van der Waals surface area contributed by atoms with E-state index in [9.17, 15) is 9.59 Å². The Kier molecular flexibility index (Phi) is 5.19. The normalized spacial score (nSPS) is 48.1. The predicted octanol–water partition coefficient (Wildman–Crippen LogP) is 5.08. The SMILES string of the molecule is C=CC1C(OC(C)=O)CC2C3CCC4CC(OC(C)=O)C=CC4(C)C3CCC12C. The van der Waals surface area contributed by atoms with Gasteiger partial charge >= 0.3 is 11.9 Å². The highest BCUT2D eigenvalue weighted by Crippen LogP contribution is 2.67. The van der Waals surface area contributed by atoms with Crippen LogP contribution in [-0.2, 0) is 19.1 Å². The van der Waals surface area contributed by atoms with Crippen molar-refractivity contribution >= 4 is 11.9 Å². The molecule has 0 radical (unpaired) electrons. The van der Waals surface area contributed by atoms with Gasteiger partial charge in [0.05, 0.1) is 0 Å². The van der Waals surface area contributed by atoms with Crippen LogP contribution in [0.2, 0.25) is 0 Å². The van der Waals surface area contributed by atoms with Gasteiger partial charge in [-0.1, -0.05) is 26.0 Å². The Labute approximate surface area is 175 Å². The Hall–Kier alpha value is -1.58. The summed E-state index contributed by atoms with van der Waals surface area (Å²) in [5.74, 6) is 2.34. The minimum absolute atomic E-state index is 0.0282. The van der Waals surface area contributed by atoms with Gasteiger partial charge in [0.2, 0.25) is 0 Å². The Bertz CT molecular complexity index is 726. The van der Waals surface area contributed by atoms with E-state index in [1.165, 1.54) is 33.1 Å². The van der Waals surface area contributed by atoms with Crippen LogP contribution < -0.4 is 0 Å². The average molecular weight is 401 g/mol. The summed E-state index contributed by atoms with van der Waals surface area (Å²) in [4.78, 5) is 23.1. The molecule has 0 aliphatic heterocycles. The summed E-state index contributed by atoms with van der Waals surface area (Å²) in [6.07, 6.45) is 13.2. The molecule has 0 spiro atoms. The van der Waals surface area contributed by atoms with E-state index in [0.29, 0.717) is 23.7 Å². The third-order valence-electron chi connectivity index (χ3n) is 9.13. The molecule has 4 nitrogen and oxygen atoms in total. The summed E-state index contributed by atoms with van der Waals surface area (Å²) in [5.41, 5.74) is 0.342. The second-order valence-electron chi connectivity index (χ2n) is 10.4. The molecule has 160 valence electrons. The third-order valence-corrected chi connectivity index (χ3v) is 9.13. The largest absolute Gasteiger partial charge is 0.462 e. The number of hydrogen-bond acceptors (Lipinski definition) is 4. The topological polar surface area (TPSA) is 52.6 Å². The molecule has 29 heavy (non-hydrogen) atoms. The number of ether oxygens (including phenoxy) is 2. The first-order chi connectivity index (χ1) is 13.7. The van der Waals surface area contributed by atoms with Crippen molar-refractivity contribution in [3.63, 3.8) is 0 Å². The lowest BCUT2D eigenvalue weighted by atomic mass is 9.46. The van der Waals surface area contributed by atoms with Crippen molar-refractivity contribution in [1.82, 2.24) is 0 Å². The minimum Gasteiger partial charge on any atom is -0.462 e. The molecule has 4 heteroatoms. The van der Waals surface area contributed by atoms with E-state index in [4.69, 9.17) is 9.47 Å². The van der Waals surface area contributed by atoms with Gasteiger partial charge in [-0.3, -0.25) is 9.59 Å². The molecular formula is C25H36O4. The molecule has 9 unspecified atom stereocenters. The Morgan fingerprint density at radius 2 is 1.76 bits per heavy atom. The summed E-state index contributed by atoms with van der Waals surface area (Å²) in [6, 6.07) is 0. The summed E-state index contributed by atoms with van der Waals surface area (Å²) in [7, 11) is 0. The number of hydrogen-bond donors (Lipinski definition) is 0. The second kappa shape index (κ2) is 7.28. The van der Waals surface area contributed by atoms with Crippen LogP contribution in [0.5, 0.6) is 0 Å². The number of carbonyl (C=O) groups is 2. The molecule has 0 heterocycles. The maximum Gasteiger partial charge on any atom is 0.303 e. The smallest absolute Gasteiger partial charge is 0.303 e. The van der Waals surface area contributed by atoms with E-state index in [2.05, 4.69) is 32.6 Å². The highest BCUT2D eigenvalue weighted by molar-refractivity contribution is 5.66. The molecule has 3 saturated carbocycles. The van der Waals surface area contributed by atoms with Crippen LogP contribution in [0.4, 0.5) is 0 Å². The Balaban J connectivity index is 1.59. The van der Waals surface area contributed by atoms with Crippen LogP contribution in [0.1, 0.15) is 66.2 Å². The molecule has 0 aromatic rings. The van der Waals surface area contributed by atoms with Crippen LogP contribution in [0.15, 0.2) is 24.8 Å². The van der Waals surface area contributed by atoms with Crippen LogP contribution >= 0.6 is 0 Å². The van der Waals surface area contributed by atoms with Crippen molar-refractivity contribution in [2.24, 2.45) is 40.4 Å². The van der Waals surface area contributed by atoms with Crippen molar-refractivity contribution in [3.8, 4) is 0 Å². The summed E-state index contributed by atoms with van der Waals surface area (Å²) >= 11 is 0. The maximum atomic E-state index is 11.7. The molecule has 0 bridgehead atoms. The van der Waals surface area contributed by atoms with E-state index in [0.717, 1.165) is 19.3 Å². The second-order valence-corrected chi connectivity index (χ2v) is 10.4. The number of allylic oxidation sites excluding steroid dienone is 1. The molecule has 0 saturated heterocycles. The zero-order chi connectivity index (χ0) is 21.0. The van der Waals surface area contributed by atoms with Gasteiger partial charge in [0.15, 0.2) is 0 Å². The van der Waals surface area contributed by atoms with E-state index in [1.807, 2.05) is 6.08 Å². The predicted molar refractivity (Wildman–Crippen MR) is 112 cm³/mol. The van der Waals surface area contributed by atoms with Gasteiger partial charge in [0.25, 0.3) is 0 Å². The summed E-state index contributed by atoms with van der Waals surface area (Å²) in [5, 5.41) is 0. The number of fused-ring (bicyclic) bond motifs is 5. The molecule has 4 rings (SSSR count). The lowest BCUT2D eigenvalue weighted by molar-refractivity contribution is -0.148. The highest BCUT2D eigenvalue weighted by Gasteiger charge is 2.62. The zero-order valence-corrected chi connectivity index (χ0v) is 18.4. The molecule has 4 aliphatic rings.